The molecule has 0 aromatic heterocycles. The summed E-state index contributed by atoms with van der Waals surface area (Å²) in [5.41, 5.74) is 1.36. The van der Waals surface area contributed by atoms with E-state index in [1.165, 1.54) is 0 Å². The number of hydrogen-bond acceptors (Lipinski definition) is 4. The lowest BCUT2D eigenvalue weighted by atomic mass is 10.1. The third-order valence-corrected chi connectivity index (χ3v) is 1.73. The van der Waals surface area contributed by atoms with Gasteiger partial charge in [-0.25, -0.2) is 0 Å². The summed E-state index contributed by atoms with van der Waals surface area (Å²) in [6.07, 6.45) is 0. The van der Waals surface area contributed by atoms with Gasteiger partial charge in [0, 0.05) is 0 Å². The molecular formula is C10H10N2O2. The van der Waals surface area contributed by atoms with Gasteiger partial charge >= 0.3 is 0 Å². The van der Waals surface area contributed by atoms with E-state index < -0.39 is 0 Å². The molecule has 0 saturated heterocycles. The van der Waals surface area contributed by atoms with Crippen LogP contribution in [0, 0.1) is 11.3 Å². The first-order valence-electron chi connectivity index (χ1n) is 4.06. The number of hydrogen-bond donors (Lipinski definition) is 1. The molecule has 4 heteroatoms. The van der Waals surface area contributed by atoms with Gasteiger partial charge in [0.15, 0.2) is 6.61 Å². The Hall–Kier alpha value is -2.02. The molecule has 0 aliphatic carbocycles. The van der Waals surface area contributed by atoms with Gasteiger partial charge in [0.05, 0.1) is 5.71 Å². The zero-order valence-electron chi connectivity index (χ0n) is 7.77. The normalized spacial score (nSPS) is 10.7. The molecule has 0 aliphatic heterocycles. The van der Waals surface area contributed by atoms with Crippen LogP contribution in [0.5, 0.6) is 5.75 Å². The lowest BCUT2D eigenvalue weighted by Gasteiger charge is -2.02. The number of rotatable bonds is 3. The molecule has 0 aliphatic rings. The lowest BCUT2D eigenvalue weighted by Crippen LogP contribution is -1.96. The molecule has 0 bridgehead atoms. The number of nitriles is 1. The van der Waals surface area contributed by atoms with Crippen LogP contribution in [0.15, 0.2) is 29.4 Å². The van der Waals surface area contributed by atoms with Crippen LogP contribution in [-0.2, 0) is 0 Å². The van der Waals surface area contributed by atoms with E-state index in [1.54, 1.807) is 31.2 Å². The average molecular weight is 190 g/mol. The van der Waals surface area contributed by atoms with Gasteiger partial charge < -0.3 is 9.94 Å². The average Bonchev–Trinajstić information content (AvgIpc) is 2.26. The molecular weight excluding hydrogens is 180 g/mol. The van der Waals surface area contributed by atoms with Crippen molar-refractivity contribution in [1.29, 1.82) is 5.26 Å². The smallest absolute Gasteiger partial charge is 0.174 e. The van der Waals surface area contributed by atoms with E-state index in [0.717, 1.165) is 5.56 Å². The highest BCUT2D eigenvalue weighted by Gasteiger charge is 1.98. The fraction of sp³-hybridized carbons (Fsp3) is 0.200. The molecule has 14 heavy (non-hydrogen) atoms. The van der Waals surface area contributed by atoms with Crippen molar-refractivity contribution in [1.82, 2.24) is 0 Å². The maximum atomic E-state index is 8.51. The van der Waals surface area contributed by atoms with Crippen molar-refractivity contribution >= 4 is 5.71 Å². The minimum Gasteiger partial charge on any atom is -0.479 e. The van der Waals surface area contributed by atoms with Crippen LogP contribution in [0.25, 0.3) is 0 Å². The monoisotopic (exact) mass is 190 g/mol. The first kappa shape index (κ1) is 10.1. The van der Waals surface area contributed by atoms with Crippen molar-refractivity contribution in [2.24, 2.45) is 5.16 Å². The maximum Gasteiger partial charge on any atom is 0.174 e. The predicted molar refractivity (Wildman–Crippen MR) is 51.5 cm³/mol. The summed E-state index contributed by atoms with van der Waals surface area (Å²) in [5.74, 6) is 0.626. The second-order valence-electron chi connectivity index (χ2n) is 2.66. The Balaban J connectivity index is 2.74. The highest BCUT2D eigenvalue weighted by Crippen LogP contribution is 2.12. The molecule has 1 rings (SSSR count). The van der Waals surface area contributed by atoms with Crippen LogP contribution in [0.4, 0.5) is 0 Å². The summed E-state index contributed by atoms with van der Waals surface area (Å²) in [6.45, 7) is 1.73. The van der Waals surface area contributed by atoms with Gasteiger partial charge in [-0.05, 0) is 36.8 Å². The highest BCUT2D eigenvalue weighted by molar-refractivity contribution is 5.98. The minimum atomic E-state index is 0.0341. The number of oxime groups is 1. The Labute approximate surface area is 82.0 Å². The Morgan fingerprint density at radius 3 is 2.64 bits per heavy atom. The van der Waals surface area contributed by atoms with Crippen molar-refractivity contribution in [3.63, 3.8) is 0 Å². The van der Waals surface area contributed by atoms with E-state index in [4.69, 9.17) is 15.2 Å². The second-order valence-corrected chi connectivity index (χ2v) is 2.66. The Morgan fingerprint density at radius 2 is 2.14 bits per heavy atom. The van der Waals surface area contributed by atoms with Crippen molar-refractivity contribution in [2.75, 3.05) is 6.61 Å². The van der Waals surface area contributed by atoms with Gasteiger partial charge in [0.1, 0.15) is 11.8 Å². The molecule has 1 N–H and O–H groups in total. The second kappa shape index (κ2) is 4.87. The third kappa shape index (κ3) is 2.49. The Kier molecular flexibility index (Phi) is 3.50. The molecule has 0 atom stereocenters. The standard InChI is InChI=1S/C10H10N2O2/c1-8(12-13)9-2-4-10(5-3-9)14-7-6-11/h2-5,13H,7H2,1H3/b12-8-. The van der Waals surface area contributed by atoms with Crippen molar-refractivity contribution in [3.8, 4) is 11.8 Å². The lowest BCUT2D eigenvalue weighted by molar-refractivity contribution is 0.319. The van der Waals surface area contributed by atoms with E-state index in [-0.39, 0.29) is 6.61 Å². The summed E-state index contributed by atoms with van der Waals surface area (Å²) in [6, 6.07) is 8.86. The number of benzene rings is 1. The van der Waals surface area contributed by atoms with Crippen LogP contribution in [0.1, 0.15) is 12.5 Å². The Bertz CT molecular complexity index is 363. The van der Waals surface area contributed by atoms with Gasteiger partial charge in [-0.3, -0.25) is 0 Å². The quantitative estimate of drug-likeness (QED) is 0.449. The molecule has 1 aromatic rings. The van der Waals surface area contributed by atoms with Crippen molar-refractivity contribution in [3.05, 3.63) is 29.8 Å². The van der Waals surface area contributed by atoms with Crippen LogP contribution in [0.2, 0.25) is 0 Å². The van der Waals surface area contributed by atoms with E-state index in [9.17, 15) is 0 Å². The molecule has 1 aromatic carbocycles. The molecule has 0 saturated carbocycles. The third-order valence-electron chi connectivity index (χ3n) is 1.73. The Morgan fingerprint density at radius 1 is 1.50 bits per heavy atom. The van der Waals surface area contributed by atoms with E-state index in [2.05, 4.69) is 5.16 Å². The van der Waals surface area contributed by atoms with Gasteiger partial charge in [0.2, 0.25) is 0 Å². The van der Waals surface area contributed by atoms with E-state index in [0.29, 0.717) is 11.5 Å². The summed E-state index contributed by atoms with van der Waals surface area (Å²) >= 11 is 0. The molecule has 0 radical (unpaired) electrons. The minimum absolute atomic E-state index is 0.0341. The maximum absolute atomic E-state index is 8.51. The van der Waals surface area contributed by atoms with Gasteiger partial charge in [-0.15, -0.1) is 0 Å². The summed E-state index contributed by atoms with van der Waals surface area (Å²) in [4.78, 5) is 0. The SMILES string of the molecule is C/C(=N/O)c1ccc(OCC#N)cc1. The largest absolute Gasteiger partial charge is 0.479 e. The summed E-state index contributed by atoms with van der Waals surface area (Å²) in [5, 5.41) is 19.9. The summed E-state index contributed by atoms with van der Waals surface area (Å²) in [7, 11) is 0. The zero-order valence-corrected chi connectivity index (χ0v) is 7.77. The molecule has 72 valence electrons. The molecule has 0 heterocycles. The first-order chi connectivity index (χ1) is 6.77. The fourth-order valence-corrected chi connectivity index (χ4v) is 0.966. The van der Waals surface area contributed by atoms with Crippen molar-refractivity contribution < 1.29 is 9.94 Å². The van der Waals surface area contributed by atoms with Gasteiger partial charge in [-0.1, -0.05) is 5.16 Å². The molecule has 0 spiro atoms. The van der Waals surface area contributed by atoms with E-state index >= 15 is 0 Å². The fourth-order valence-electron chi connectivity index (χ4n) is 0.966. The first-order valence-corrected chi connectivity index (χ1v) is 4.06. The number of nitrogens with zero attached hydrogens (tertiary/aromatic N) is 2. The number of ether oxygens (including phenoxy) is 1. The van der Waals surface area contributed by atoms with Gasteiger partial charge in [0.25, 0.3) is 0 Å². The molecule has 4 nitrogen and oxygen atoms in total. The van der Waals surface area contributed by atoms with Crippen LogP contribution >= 0.6 is 0 Å². The topological polar surface area (TPSA) is 65.6 Å². The van der Waals surface area contributed by atoms with Gasteiger partial charge in [-0.2, -0.15) is 5.26 Å². The van der Waals surface area contributed by atoms with Crippen LogP contribution in [0.3, 0.4) is 0 Å². The van der Waals surface area contributed by atoms with Crippen LogP contribution < -0.4 is 4.74 Å². The highest BCUT2D eigenvalue weighted by atomic mass is 16.5. The molecule has 0 unspecified atom stereocenters. The zero-order chi connectivity index (χ0) is 10.4. The summed E-state index contributed by atoms with van der Waals surface area (Å²) < 4.78 is 5.06. The van der Waals surface area contributed by atoms with Crippen LogP contribution in [-0.4, -0.2) is 17.5 Å². The van der Waals surface area contributed by atoms with E-state index in [1.807, 2.05) is 6.07 Å². The molecule has 0 amide bonds. The predicted octanol–water partition coefficient (Wildman–Crippen LogP) is 1.79. The molecule has 0 fully saturated rings. The van der Waals surface area contributed by atoms with Crippen molar-refractivity contribution in [2.45, 2.75) is 6.92 Å².